The van der Waals surface area contributed by atoms with Gasteiger partial charge in [-0.25, -0.2) is 0 Å². The molecule has 0 aromatic heterocycles. The summed E-state index contributed by atoms with van der Waals surface area (Å²) in [6.07, 6.45) is 1.88. The van der Waals surface area contributed by atoms with E-state index in [9.17, 15) is 0 Å². The van der Waals surface area contributed by atoms with Gasteiger partial charge in [-0.2, -0.15) is 0 Å². The molecule has 0 aliphatic carbocycles. The van der Waals surface area contributed by atoms with Crippen molar-refractivity contribution in [3.8, 4) is 5.75 Å². The summed E-state index contributed by atoms with van der Waals surface area (Å²) in [6.45, 7) is 4.76. The van der Waals surface area contributed by atoms with E-state index in [1.54, 1.807) is 0 Å². The molecule has 0 saturated carbocycles. The van der Waals surface area contributed by atoms with Gasteiger partial charge in [-0.05, 0) is 72.5 Å². The first-order chi connectivity index (χ1) is 11.7. The number of benzene rings is 3. The Bertz CT molecular complexity index is 800. The minimum Gasteiger partial charge on any atom is -0.489 e. The Balaban J connectivity index is 1.62. The summed E-state index contributed by atoms with van der Waals surface area (Å²) in [5.74, 6) is 0.863. The normalized spacial score (nSPS) is 10.9. The molecule has 2 heteroatoms. The summed E-state index contributed by atoms with van der Waals surface area (Å²) in [4.78, 5) is 4.56. The number of aryl methyl sites for hydroxylation is 2. The van der Waals surface area contributed by atoms with E-state index in [0.29, 0.717) is 6.61 Å². The van der Waals surface area contributed by atoms with Crippen LogP contribution in [0.2, 0.25) is 0 Å². The Morgan fingerprint density at radius 2 is 1.50 bits per heavy atom. The van der Waals surface area contributed by atoms with Crippen molar-refractivity contribution < 1.29 is 4.74 Å². The Kier molecular flexibility index (Phi) is 5.07. The van der Waals surface area contributed by atoms with Crippen molar-refractivity contribution in [1.29, 1.82) is 0 Å². The number of ether oxygens (including phenoxy) is 1. The molecular formula is C22H21NO. The lowest BCUT2D eigenvalue weighted by Gasteiger charge is -2.06. The van der Waals surface area contributed by atoms with Crippen LogP contribution in [0.3, 0.4) is 0 Å². The molecule has 0 unspecified atom stereocenters. The lowest BCUT2D eigenvalue weighted by atomic mass is 10.1. The molecule has 3 aromatic rings. The zero-order valence-electron chi connectivity index (χ0n) is 14.1. The molecule has 0 spiro atoms. The molecule has 2 nitrogen and oxygen atoms in total. The molecule has 0 N–H and O–H groups in total. The van der Waals surface area contributed by atoms with Gasteiger partial charge in [0.2, 0.25) is 0 Å². The molecule has 120 valence electrons. The van der Waals surface area contributed by atoms with Gasteiger partial charge in [-0.3, -0.25) is 4.99 Å². The number of hydrogen-bond donors (Lipinski definition) is 0. The van der Waals surface area contributed by atoms with Crippen LogP contribution < -0.4 is 4.74 Å². The minimum absolute atomic E-state index is 0.580. The summed E-state index contributed by atoms with van der Waals surface area (Å²) in [6, 6.07) is 24.5. The van der Waals surface area contributed by atoms with E-state index in [1.165, 1.54) is 11.1 Å². The summed E-state index contributed by atoms with van der Waals surface area (Å²) >= 11 is 0. The largest absolute Gasteiger partial charge is 0.489 e. The van der Waals surface area contributed by atoms with Crippen molar-refractivity contribution in [3.05, 3.63) is 95.1 Å². The van der Waals surface area contributed by atoms with E-state index in [0.717, 1.165) is 22.6 Å². The monoisotopic (exact) mass is 315 g/mol. The Hall–Kier alpha value is -2.87. The molecule has 0 atom stereocenters. The van der Waals surface area contributed by atoms with Crippen molar-refractivity contribution >= 4 is 11.9 Å². The Morgan fingerprint density at radius 3 is 2.17 bits per heavy atom. The quantitative estimate of drug-likeness (QED) is 0.559. The highest BCUT2D eigenvalue weighted by Crippen LogP contribution is 2.18. The first kappa shape index (κ1) is 16.0. The van der Waals surface area contributed by atoms with Crippen LogP contribution in [0.15, 0.2) is 77.8 Å². The first-order valence-electron chi connectivity index (χ1n) is 8.08. The lowest BCUT2D eigenvalue weighted by molar-refractivity contribution is 0.306. The van der Waals surface area contributed by atoms with Crippen LogP contribution in [0.5, 0.6) is 5.75 Å². The highest BCUT2D eigenvalue weighted by Gasteiger charge is 1.97. The van der Waals surface area contributed by atoms with Gasteiger partial charge in [0, 0.05) is 6.21 Å². The van der Waals surface area contributed by atoms with Crippen molar-refractivity contribution in [3.63, 3.8) is 0 Å². The van der Waals surface area contributed by atoms with Gasteiger partial charge >= 0.3 is 0 Å². The molecule has 0 saturated heterocycles. The van der Waals surface area contributed by atoms with E-state index in [1.807, 2.05) is 48.7 Å². The van der Waals surface area contributed by atoms with Crippen molar-refractivity contribution in [1.82, 2.24) is 0 Å². The molecule has 0 radical (unpaired) electrons. The van der Waals surface area contributed by atoms with Gasteiger partial charge in [0.15, 0.2) is 0 Å². The van der Waals surface area contributed by atoms with Gasteiger partial charge in [0.25, 0.3) is 0 Å². The first-order valence-corrected chi connectivity index (χ1v) is 8.08. The molecule has 0 bridgehead atoms. The van der Waals surface area contributed by atoms with Crippen LogP contribution in [0.25, 0.3) is 0 Å². The minimum atomic E-state index is 0.580. The predicted molar refractivity (Wildman–Crippen MR) is 100 cm³/mol. The second-order valence-corrected chi connectivity index (χ2v) is 5.95. The average Bonchev–Trinajstić information content (AvgIpc) is 2.59. The average molecular weight is 315 g/mol. The smallest absolute Gasteiger partial charge is 0.119 e. The zero-order chi connectivity index (χ0) is 16.8. The maximum absolute atomic E-state index is 5.80. The molecule has 0 amide bonds. The third-order valence-electron chi connectivity index (χ3n) is 3.70. The fourth-order valence-corrected chi connectivity index (χ4v) is 2.57. The van der Waals surface area contributed by atoms with Crippen LogP contribution in [-0.4, -0.2) is 6.21 Å². The number of hydrogen-bond acceptors (Lipinski definition) is 2. The van der Waals surface area contributed by atoms with Crippen molar-refractivity contribution in [2.75, 3.05) is 0 Å². The molecule has 24 heavy (non-hydrogen) atoms. The van der Waals surface area contributed by atoms with Gasteiger partial charge in [-0.1, -0.05) is 36.4 Å². The molecular weight excluding hydrogens is 294 g/mol. The van der Waals surface area contributed by atoms with Crippen LogP contribution in [0.4, 0.5) is 5.69 Å². The van der Waals surface area contributed by atoms with Gasteiger partial charge in [-0.15, -0.1) is 0 Å². The van der Waals surface area contributed by atoms with Crippen LogP contribution >= 0.6 is 0 Å². The maximum Gasteiger partial charge on any atom is 0.119 e. The topological polar surface area (TPSA) is 21.6 Å². The predicted octanol–water partition coefficient (Wildman–Crippen LogP) is 5.63. The van der Waals surface area contributed by atoms with Crippen molar-refractivity contribution in [2.24, 2.45) is 4.99 Å². The molecule has 0 heterocycles. The Labute approximate surface area is 143 Å². The molecule has 3 aromatic carbocycles. The maximum atomic E-state index is 5.80. The van der Waals surface area contributed by atoms with Gasteiger partial charge in [0.05, 0.1) is 5.69 Å². The van der Waals surface area contributed by atoms with E-state index in [2.05, 4.69) is 49.2 Å². The summed E-state index contributed by atoms with van der Waals surface area (Å²) in [7, 11) is 0. The molecule has 3 rings (SSSR count). The van der Waals surface area contributed by atoms with Gasteiger partial charge < -0.3 is 4.74 Å². The highest BCUT2D eigenvalue weighted by atomic mass is 16.5. The van der Waals surface area contributed by atoms with E-state index < -0.39 is 0 Å². The molecule has 0 fully saturated rings. The van der Waals surface area contributed by atoms with E-state index in [-0.39, 0.29) is 0 Å². The SMILES string of the molecule is Cc1cc(C)cc(N=Cc2ccc(OCc3ccccc3)cc2)c1. The third kappa shape index (κ3) is 4.56. The van der Waals surface area contributed by atoms with E-state index in [4.69, 9.17) is 4.74 Å². The molecule has 0 aliphatic heterocycles. The number of aliphatic imine (C=N–C) groups is 1. The van der Waals surface area contributed by atoms with Crippen molar-refractivity contribution in [2.45, 2.75) is 20.5 Å². The standard InChI is InChI=1S/C22H21NO/c1-17-12-18(2)14-21(13-17)23-15-19-8-10-22(11-9-19)24-16-20-6-4-3-5-7-20/h3-15H,16H2,1-2H3. The fourth-order valence-electron chi connectivity index (χ4n) is 2.57. The van der Waals surface area contributed by atoms with Gasteiger partial charge in [0.1, 0.15) is 12.4 Å². The second kappa shape index (κ2) is 7.60. The second-order valence-electron chi connectivity index (χ2n) is 5.95. The Morgan fingerprint density at radius 1 is 0.833 bits per heavy atom. The summed E-state index contributed by atoms with van der Waals surface area (Å²) in [5, 5.41) is 0. The zero-order valence-corrected chi connectivity index (χ0v) is 14.1. The fraction of sp³-hybridized carbons (Fsp3) is 0.136. The summed E-state index contributed by atoms with van der Waals surface area (Å²) < 4.78 is 5.80. The van der Waals surface area contributed by atoms with Crippen LogP contribution in [0, 0.1) is 13.8 Å². The third-order valence-corrected chi connectivity index (χ3v) is 3.70. The number of rotatable bonds is 5. The number of nitrogens with zero attached hydrogens (tertiary/aromatic N) is 1. The van der Waals surface area contributed by atoms with Crippen LogP contribution in [-0.2, 0) is 6.61 Å². The summed E-state index contributed by atoms with van der Waals surface area (Å²) in [5.41, 5.74) is 5.66. The van der Waals surface area contributed by atoms with Crippen LogP contribution in [0.1, 0.15) is 22.3 Å². The molecule has 0 aliphatic rings. The van der Waals surface area contributed by atoms with E-state index >= 15 is 0 Å². The lowest BCUT2D eigenvalue weighted by Crippen LogP contribution is -1.94. The highest BCUT2D eigenvalue weighted by molar-refractivity contribution is 5.82.